The number of aliphatic hydroxyl groups excluding tert-OH is 4. The van der Waals surface area contributed by atoms with Crippen LogP contribution in [0.25, 0.3) is 0 Å². The van der Waals surface area contributed by atoms with Crippen LogP contribution in [0, 0.1) is 0 Å². The molecule has 0 bridgehead atoms. The van der Waals surface area contributed by atoms with Gasteiger partial charge in [-0.15, -0.1) is 0 Å². The van der Waals surface area contributed by atoms with Crippen LogP contribution in [0.2, 0.25) is 0 Å². The van der Waals surface area contributed by atoms with Crippen LogP contribution in [-0.4, -0.2) is 103 Å². The monoisotopic (exact) mass is 967 g/mol. The number of aliphatic hydroxyl groups is 4. The summed E-state index contributed by atoms with van der Waals surface area (Å²) in [6.45, 7) is 3.04. The predicted molar refractivity (Wildman–Crippen MR) is 250 cm³/mol. The topological polar surface area (TPSA) is 256 Å². The summed E-state index contributed by atoms with van der Waals surface area (Å²) in [6.07, 6.45) is 27.7. The van der Waals surface area contributed by atoms with Crippen molar-refractivity contribution >= 4 is 27.6 Å². The zero-order valence-electron chi connectivity index (χ0n) is 39.2. The van der Waals surface area contributed by atoms with E-state index >= 15 is 0 Å². The van der Waals surface area contributed by atoms with Gasteiger partial charge >= 0.3 is 27.6 Å². The normalized spacial score (nSPS) is 22.0. The van der Waals surface area contributed by atoms with Crippen LogP contribution < -0.4 is 0 Å². The van der Waals surface area contributed by atoms with Crippen molar-refractivity contribution < 1.29 is 76.9 Å². The van der Waals surface area contributed by atoms with Crippen molar-refractivity contribution in [2.45, 2.75) is 224 Å². The fraction of sp³-hybridized carbons (Fsp3) is 0.787. The number of phosphoric acid groups is 2. The summed E-state index contributed by atoms with van der Waals surface area (Å²) < 4.78 is 49.4. The van der Waals surface area contributed by atoms with Gasteiger partial charge in [-0.05, 0) is 77.0 Å². The molecule has 0 aromatic carbocycles. The Kier molecular flexibility index (Phi) is 35.5. The Morgan fingerprint density at radius 2 is 0.892 bits per heavy atom. The van der Waals surface area contributed by atoms with Gasteiger partial charge in [-0.25, -0.2) is 9.13 Å². The third kappa shape index (κ3) is 32.4. The minimum atomic E-state index is -5.37. The molecule has 0 aromatic heterocycles. The fourth-order valence-electron chi connectivity index (χ4n) is 7.09. The van der Waals surface area contributed by atoms with E-state index < -0.39 is 83.5 Å². The van der Waals surface area contributed by atoms with Gasteiger partial charge in [-0.3, -0.25) is 23.2 Å². The number of allylic oxidation sites excluding steroid dienone is 8. The molecule has 1 aliphatic rings. The van der Waals surface area contributed by atoms with Crippen LogP contribution in [0.1, 0.15) is 181 Å². The lowest BCUT2D eigenvalue weighted by Gasteiger charge is -2.43. The summed E-state index contributed by atoms with van der Waals surface area (Å²) in [5.41, 5.74) is 0. The molecular weight excluding hydrogens is 882 g/mol. The molecule has 0 spiro atoms. The van der Waals surface area contributed by atoms with Crippen LogP contribution in [0.15, 0.2) is 48.6 Å². The van der Waals surface area contributed by atoms with Gasteiger partial charge in [-0.1, -0.05) is 140 Å². The Morgan fingerprint density at radius 3 is 1.34 bits per heavy atom. The molecule has 0 radical (unpaired) electrons. The third-order valence-corrected chi connectivity index (χ3v) is 12.4. The molecule has 1 aliphatic carbocycles. The summed E-state index contributed by atoms with van der Waals surface area (Å²) in [5.74, 6) is -1.23. The van der Waals surface area contributed by atoms with Gasteiger partial charge in [0.05, 0.1) is 6.61 Å². The number of unbranched alkanes of at least 4 members (excludes halogenated alkanes) is 18. The highest BCUT2D eigenvalue weighted by Crippen LogP contribution is 2.49. The van der Waals surface area contributed by atoms with Gasteiger partial charge in [0.1, 0.15) is 43.2 Å². The Balaban J connectivity index is 2.60. The van der Waals surface area contributed by atoms with E-state index in [1.54, 1.807) is 0 Å². The highest BCUT2D eigenvalue weighted by atomic mass is 31.2. The van der Waals surface area contributed by atoms with E-state index in [1.807, 2.05) is 0 Å². The number of carbonyl (C=O) groups is 2. The quantitative estimate of drug-likeness (QED) is 0.0131. The standard InChI is InChI=1S/C47H84O16P2/c1-3-5-7-9-11-13-15-17-19-20-22-24-26-28-30-32-34-36-41(49)61-39(37-59-40(48)35-33-31-29-27-25-23-21-18-16-14-12-10-8-6-4-2)38-60-65(57,58)63-47-44(52)42(50)43(51)46(45(47)53)62-64(54,55)56/h11-14,17-19,21,39,42-47,50-53H,3-10,15-16,20,22-38H2,1-2H3,(H,57,58)(H2,54,55,56)/t39-,42?,43?,44?,45?,46-,47+/m1/s1. The molecule has 378 valence electrons. The lowest BCUT2D eigenvalue weighted by atomic mass is 9.85. The Hall–Kier alpha value is -2.04. The van der Waals surface area contributed by atoms with E-state index in [2.05, 4.69) is 67.0 Å². The summed E-state index contributed by atoms with van der Waals surface area (Å²) in [7, 11) is -10.7. The van der Waals surface area contributed by atoms with Gasteiger partial charge in [0.2, 0.25) is 0 Å². The zero-order chi connectivity index (χ0) is 48.2. The van der Waals surface area contributed by atoms with E-state index in [4.69, 9.17) is 18.5 Å². The molecule has 1 fully saturated rings. The van der Waals surface area contributed by atoms with E-state index in [9.17, 15) is 53.8 Å². The van der Waals surface area contributed by atoms with Crippen LogP contribution >= 0.6 is 15.6 Å². The molecule has 65 heavy (non-hydrogen) atoms. The average Bonchev–Trinajstić information content (AvgIpc) is 3.26. The van der Waals surface area contributed by atoms with Crippen molar-refractivity contribution in [1.29, 1.82) is 0 Å². The number of ether oxygens (including phenoxy) is 2. The molecule has 1 rings (SSSR count). The van der Waals surface area contributed by atoms with Crippen molar-refractivity contribution in [2.24, 2.45) is 0 Å². The van der Waals surface area contributed by atoms with E-state index in [0.717, 1.165) is 103 Å². The zero-order valence-corrected chi connectivity index (χ0v) is 40.9. The summed E-state index contributed by atoms with van der Waals surface area (Å²) in [6, 6.07) is 0. The maximum absolute atomic E-state index is 13.0. The first-order valence-corrected chi connectivity index (χ1v) is 27.2. The lowest BCUT2D eigenvalue weighted by Crippen LogP contribution is -2.64. The molecule has 18 heteroatoms. The number of esters is 2. The van der Waals surface area contributed by atoms with Crippen LogP contribution in [0.4, 0.5) is 0 Å². The number of hydrogen-bond acceptors (Lipinski definition) is 13. The van der Waals surface area contributed by atoms with Gasteiger partial charge < -0.3 is 44.6 Å². The van der Waals surface area contributed by atoms with E-state index in [-0.39, 0.29) is 12.8 Å². The SMILES string of the molecule is CCCCCC=CCC=CCCCCCCCCCC(=O)O[C@H](COC(=O)CCCCCCCC=CCC=CCCCCC)COP(=O)(O)O[C@H]1C(O)C(O)C(O)[C@@H](OP(=O)(O)O)C1O. The summed E-state index contributed by atoms with van der Waals surface area (Å²) >= 11 is 0. The van der Waals surface area contributed by atoms with Crippen molar-refractivity contribution in [2.75, 3.05) is 13.2 Å². The van der Waals surface area contributed by atoms with Gasteiger partial charge in [0, 0.05) is 12.8 Å². The Bertz CT molecular complexity index is 1450. The smallest absolute Gasteiger partial charge is 0.462 e. The summed E-state index contributed by atoms with van der Waals surface area (Å²) in [5, 5.41) is 41.2. The molecule has 0 saturated heterocycles. The largest absolute Gasteiger partial charge is 0.472 e. The first-order valence-electron chi connectivity index (χ1n) is 24.2. The molecule has 8 atom stereocenters. The van der Waals surface area contributed by atoms with Gasteiger partial charge in [0.15, 0.2) is 6.10 Å². The van der Waals surface area contributed by atoms with Crippen molar-refractivity contribution in [3.8, 4) is 0 Å². The van der Waals surface area contributed by atoms with E-state index in [1.165, 1.54) is 38.5 Å². The fourth-order valence-corrected chi connectivity index (χ4v) is 8.62. The minimum Gasteiger partial charge on any atom is -0.462 e. The second-order valence-corrected chi connectivity index (χ2v) is 19.4. The van der Waals surface area contributed by atoms with Crippen LogP contribution in [0.3, 0.4) is 0 Å². The van der Waals surface area contributed by atoms with Crippen LogP contribution in [-0.2, 0) is 41.8 Å². The molecule has 5 unspecified atom stereocenters. The second kappa shape index (κ2) is 37.9. The molecule has 0 aliphatic heterocycles. The van der Waals surface area contributed by atoms with Crippen molar-refractivity contribution in [3.05, 3.63) is 48.6 Å². The number of carbonyl (C=O) groups excluding carboxylic acids is 2. The molecule has 0 aromatic rings. The highest BCUT2D eigenvalue weighted by Gasteiger charge is 2.54. The Labute approximate surface area is 388 Å². The average molecular weight is 967 g/mol. The van der Waals surface area contributed by atoms with Crippen LogP contribution in [0.5, 0.6) is 0 Å². The van der Waals surface area contributed by atoms with Crippen molar-refractivity contribution in [1.82, 2.24) is 0 Å². The summed E-state index contributed by atoms with van der Waals surface area (Å²) in [4.78, 5) is 54.3. The number of phosphoric ester groups is 2. The first kappa shape index (κ1) is 61.0. The third-order valence-electron chi connectivity index (χ3n) is 10.9. The maximum atomic E-state index is 13.0. The Morgan fingerprint density at radius 1 is 0.492 bits per heavy atom. The maximum Gasteiger partial charge on any atom is 0.472 e. The molecule has 0 heterocycles. The second-order valence-electron chi connectivity index (χ2n) is 16.8. The predicted octanol–water partition coefficient (Wildman–Crippen LogP) is 9.29. The molecule has 7 N–H and O–H groups in total. The van der Waals surface area contributed by atoms with Gasteiger partial charge in [-0.2, -0.15) is 0 Å². The molecular formula is C47H84O16P2. The van der Waals surface area contributed by atoms with Gasteiger partial charge in [0.25, 0.3) is 0 Å². The molecule has 1 saturated carbocycles. The molecule has 0 amide bonds. The molecule has 16 nitrogen and oxygen atoms in total. The number of hydrogen-bond donors (Lipinski definition) is 7. The lowest BCUT2D eigenvalue weighted by molar-refractivity contribution is -0.216. The minimum absolute atomic E-state index is 0.0309. The van der Waals surface area contributed by atoms with E-state index in [0.29, 0.717) is 12.8 Å². The highest BCUT2D eigenvalue weighted by molar-refractivity contribution is 7.47. The first-order chi connectivity index (χ1) is 31.1. The number of rotatable bonds is 40. The van der Waals surface area contributed by atoms with Crippen molar-refractivity contribution in [3.63, 3.8) is 0 Å².